The SMILES string of the molecule is CC1(C)OCC(Cc2ccccc2P(c2ccccc2)c2ccccc2)([N+](=O)[O-])CO1. The summed E-state index contributed by atoms with van der Waals surface area (Å²) < 4.78 is 11.5. The summed E-state index contributed by atoms with van der Waals surface area (Å²) in [7, 11) is -0.858. The molecular weight excluding hydrogens is 409 g/mol. The minimum Gasteiger partial charge on any atom is -0.343 e. The summed E-state index contributed by atoms with van der Waals surface area (Å²) in [6.45, 7) is 3.62. The Morgan fingerprint density at radius 1 is 0.839 bits per heavy atom. The van der Waals surface area contributed by atoms with Gasteiger partial charge in [0, 0.05) is 11.3 Å². The molecule has 3 aromatic carbocycles. The van der Waals surface area contributed by atoms with E-state index in [4.69, 9.17) is 9.47 Å². The Hall–Kier alpha value is -2.59. The summed E-state index contributed by atoms with van der Waals surface area (Å²) in [6.07, 6.45) is 0.255. The summed E-state index contributed by atoms with van der Waals surface area (Å²) in [5, 5.41) is 15.7. The second-order valence-corrected chi connectivity index (χ2v) is 10.5. The Morgan fingerprint density at radius 2 is 1.32 bits per heavy atom. The van der Waals surface area contributed by atoms with Crippen LogP contribution in [0.25, 0.3) is 0 Å². The van der Waals surface area contributed by atoms with E-state index in [0.29, 0.717) is 0 Å². The van der Waals surface area contributed by atoms with Gasteiger partial charge < -0.3 is 9.47 Å². The van der Waals surface area contributed by atoms with E-state index >= 15 is 0 Å². The van der Waals surface area contributed by atoms with Crippen molar-refractivity contribution in [3.63, 3.8) is 0 Å². The van der Waals surface area contributed by atoms with E-state index in [0.717, 1.165) is 10.9 Å². The predicted molar refractivity (Wildman–Crippen MR) is 125 cm³/mol. The number of rotatable bonds is 6. The lowest BCUT2D eigenvalue weighted by molar-refractivity contribution is -0.595. The molecule has 1 heterocycles. The smallest absolute Gasteiger partial charge is 0.272 e. The number of hydrogen-bond donors (Lipinski definition) is 0. The van der Waals surface area contributed by atoms with E-state index in [1.165, 1.54) is 10.6 Å². The van der Waals surface area contributed by atoms with Gasteiger partial charge in [-0.1, -0.05) is 84.9 Å². The quantitative estimate of drug-likeness (QED) is 0.336. The number of ether oxygens (including phenoxy) is 2. The highest BCUT2D eigenvalue weighted by Crippen LogP contribution is 2.36. The molecule has 6 heteroatoms. The van der Waals surface area contributed by atoms with Crippen LogP contribution in [0.4, 0.5) is 0 Å². The largest absolute Gasteiger partial charge is 0.343 e. The second kappa shape index (κ2) is 8.88. The molecule has 0 unspecified atom stereocenters. The molecule has 31 heavy (non-hydrogen) atoms. The van der Waals surface area contributed by atoms with Gasteiger partial charge >= 0.3 is 0 Å². The number of nitro groups is 1. The fourth-order valence-electron chi connectivity index (χ4n) is 3.79. The highest BCUT2D eigenvalue weighted by molar-refractivity contribution is 7.79. The number of benzene rings is 3. The summed E-state index contributed by atoms with van der Waals surface area (Å²) in [4.78, 5) is 11.9. The van der Waals surface area contributed by atoms with Crippen LogP contribution < -0.4 is 15.9 Å². The van der Waals surface area contributed by atoms with Gasteiger partial charge in [0.25, 0.3) is 5.54 Å². The zero-order chi connectivity index (χ0) is 21.9. The summed E-state index contributed by atoms with van der Waals surface area (Å²) in [5.41, 5.74) is -0.343. The maximum atomic E-state index is 12.2. The minimum absolute atomic E-state index is 0.0237. The zero-order valence-corrected chi connectivity index (χ0v) is 18.6. The molecule has 0 bridgehead atoms. The molecule has 1 aliphatic rings. The Bertz CT molecular complexity index is 990. The summed E-state index contributed by atoms with van der Waals surface area (Å²) >= 11 is 0. The fourth-order valence-corrected chi connectivity index (χ4v) is 6.26. The van der Waals surface area contributed by atoms with Crippen molar-refractivity contribution < 1.29 is 14.4 Å². The van der Waals surface area contributed by atoms with Crippen LogP contribution in [0.1, 0.15) is 19.4 Å². The fraction of sp³-hybridized carbons (Fsp3) is 0.280. The van der Waals surface area contributed by atoms with Crippen molar-refractivity contribution in [2.75, 3.05) is 13.2 Å². The molecule has 3 aromatic rings. The van der Waals surface area contributed by atoms with Crippen molar-refractivity contribution in [1.82, 2.24) is 0 Å². The van der Waals surface area contributed by atoms with Crippen LogP contribution in [0.3, 0.4) is 0 Å². The molecule has 5 nitrogen and oxygen atoms in total. The molecule has 1 saturated heterocycles. The molecule has 0 atom stereocenters. The van der Waals surface area contributed by atoms with E-state index < -0.39 is 19.2 Å². The van der Waals surface area contributed by atoms with Gasteiger partial charge in [-0.05, 0) is 43.2 Å². The van der Waals surface area contributed by atoms with Crippen LogP contribution in [0, 0.1) is 10.1 Å². The van der Waals surface area contributed by atoms with Crippen LogP contribution in [-0.4, -0.2) is 29.5 Å². The van der Waals surface area contributed by atoms with Crippen molar-refractivity contribution >= 4 is 23.8 Å². The van der Waals surface area contributed by atoms with Crippen molar-refractivity contribution in [2.24, 2.45) is 0 Å². The first-order chi connectivity index (χ1) is 14.9. The van der Waals surface area contributed by atoms with Gasteiger partial charge in [-0.15, -0.1) is 0 Å². The standard InChI is InChI=1S/C25H26NO4P/c1-24(2)29-18-25(19-30-24,26(27)28)17-20-11-9-10-16-23(20)31(21-12-5-3-6-13-21)22-14-7-4-8-15-22/h3-16H,17-19H2,1-2H3. The predicted octanol–water partition coefficient (Wildman–Crippen LogP) is 3.79. The second-order valence-electron chi connectivity index (χ2n) is 8.27. The molecule has 4 rings (SSSR count). The molecule has 0 saturated carbocycles. The summed E-state index contributed by atoms with van der Waals surface area (Å²) in [5.74, 6) is -0.806. The zero-order valence-electron chi connectivity index (χ0n) is 17.7. The van der Waals surface area contributed by atoms with Crippen molar-refractivity contribution in [1.29, 1.82) is 0 Å². The average molecular weight is 435 g/mol. The van der Waals surface area contributed by atoms with Crippen molar-refractivity contribution in [3.05, 3.63) is 101 Å². The van der Waals surface area contributed by atoms with Gasteiger partial charge in [-0.3, -0.25) is 10.1 Å². The number of hydrogen-bond acceptors (Lipinski definition) is 4. The molecule has 1 aliphatic heterocycles. The Balaban J connectivity index is 1.77. The Labute approximate surface area is 183 Å². The lowest BCUT2D eigenvalue weighted by Crippen LogP contribution is -2.57. The molecular formula is C25H26NO4P. The highest BCUT2D eigenvalue weighted by atomic mass is 31.1. The molecule has 1 fully saturated rings. The van der Waals surface area contributed by atoms with Crippen LogP contribution in [0.5, 0.6) is 0 Å². The third-order valence-corrected chi connectivity index (χ3v) is 8.09. The third-order valence-electron chi connectivity index (χ3n) is 5.54. The molecule has 0 amide bonds. The summed E-state index contributed by atoms with van der Waals surface area (Å²) in [6, 6.07) is 28.8. The molecule has 0 aromatic heterocycles. The van der Waals surface area contributed by atoms with E-state index in [9.17, 15) is 10.1 Å². The number of nitrogens with zero attached hydrogens (tertiary/aromatic N) is 1. The van der Waals surface area contributed by atoms with Crippen LogP contribution in [0.15, 0.2) is 84.9 Å². The monoisotopic (exact) mass is 435 g/mol. The van der Waals surface area contributed by atoms with Crippen molar-refractivity contribution in [3.8, 4) is 0 Å². The van der Waals surface area contributed by atoms with Crippen LogP contribution >= 0.6 is 7.92 Å². The van der Waals surface area contributed by atoms with Gasteiger partial charge in [0.15, 0.2) is 5.79 Å². The maximum Gasteiger partial charge on any atom is 0.272 e. The molecule has 160 valence electrons. The van der Waals surface area contributed by atoms with Gasteiger partial charge in [-0.25, -0.2) is 0 Å². The minimum atomic E-state index is -1.31. The van der Waals surface area contributed by atoms with E-state index in [1.54, 1.807) is 13.8 Å². The first-order valence-corrected chi connectivity index (χ1v) is 11.6. The van der Waals surface area contributed by atoms with Gasteiger partial charge in [0.05, 0.1) is 0 Å². The van der Waals surface area contributed by atoms with Gasteiger partial charge in [-0.2, -0.15) is 0 Å². The lowest BCUT2D eigenvalue weighted by Gasteiger charge is -2.38. The molecule has 0 spiro atoms. The first-order valence-electron chi connectivity index (χ1n) is 10.3. The van der Waals surface area contributed by atoms with E-state index in [1.807, 2.05) is 54.6 Å². The first kappa shape index (κ1) is 21.6. The molecule has 0 N–H and O–H groups in total. The highest BCUT2D eigenvalue weighted by Gasteiger charge is 2.50. The maximum absolute atomic E-state index is 12.2. The topological polar surface area (TPSA) is 61.6 Å². The Morgan fingerprint density at radius 3 is 1.84 bits per heavy atom. The van der Waals surface area contributed by atoms with Crippen LogP contribution in [-0.2, 0) is 15.9 Å². The van der Waals surface area contributed by atoms with Gasteiger partial charge in [0.1, 0.15) is 13.2 Å². The normalized spacial score (nSPS) is 17.4. The van der Waals surface area contributed by atoms with Gasteiger partial charge in [0.2, 0.25) is 0 Å². The molecule has 0 radical (unpaired) electrons. The third kappa shape index (κ3) is 4.69. The molecule has 0 aliphatic carbocycles. The van der Waals surface area contributed by atoms with E-state index in [-0.39, 0.29) is 24.6 Å². The lowest BCUT2D eigenvalue weighted by atomic mass is 9.92. The Kier molecular flexibility index (Phi) is 6.19. The average Bonchev–Trinajstić information content (AvgIpc) is 2.78. The van der Waals surface area contributed by atoms with Crippen molar-refractivity contribution in [2.45, 2.75) is 31.6 Å². The van der Waals surface area contributed by atoms with E-state index in [2.05, 4.69) is 30.3 Å². The van der Waals surface area contributed by atoms with Crippen LogP contribution in [0.2, 0.25) is 0 Å².